The molecule has 0 aliphatic rings. The normalized spacial score (nSPS) is 10.8. The third kappa shape index (κ3) is 2.68. The summed E-state index contributed by atoms with van der Waals surface area (Å²) < 4.78 is 16.9. The SMILES string of the molecule is COc1ccc(Br)c(-c2cnoc2N)c1OC(C)C. The summed E-state index contributed by atoms with van der Waals surface area (Å²) in [5.41, 5.74) is 7.22. The first-order valence-corrected chi connectivity index (χ1v) is 6.57. The highest BCUT2D eigenvalue weighted by Crippen LogP contribution is 2.45. The lowest BCUT2D eigenvalue weighted by molar-refractivity contribution is 0.231. The van der Waals surface area contributed by atoms with E-state index in [-0.39, 0.29) is 12.0 Å². The summed E-state index contributed by atoms with van der Waals surface area (Å²) in [5, 5.41) is 3.70. The lowest BCUT2D eigenvalue weighted by Crippen LogP contribution is -2.08. The van der Waals surface area contributed by atoms with Gasteiger partial charge in [-0.2, -0.15) is 0 Å². The van der Waals surface area contributed by atoms with E-state index in [0.29, 0.717) is 17.1 Å². The quantitative estimate of drug-likeness (QED) is 0.931. The molecule has 0 atom stereocenters. The molecule has 0 saturated carbocycles. The molecule has 0 radical (unpaired) electrons. The average Bonchev–Trinajstić information content (AvgIpc) is 2.75. The van der Waals surface area contributed by atoms with Crippen molar-refractivity contribution in [1.82, 2.24) is 5.16 Å². The van der Waals surface area contributed by atoms with Gasteiger partial charge in [-0.1, -0.05) is 21.1 Å². The smallest absolute Gasteiger partial charge is 0.230 e. The van der Waals surface area contributed by atoms with E-state index in [0.717, 1.165) is 10.0 Å². The van der Waals surface area contributed by atoms with Gasteiger partial charge in [0.1, 0.15) is 0 Å². The third-order valence-corrected chi connectivity index (χ3v) is 3.17. The number of halogens is 1. The number of ether oxygens (including phenoxy) is 2. The van der Waals surface area contributed by atoms with Crippen molar-refractivity contribution in [3.8, 4) is 22.6 Å². The molecule has 19 heavy (non-hydrogen) atoms. The van der Waals surface area contributed by atoms with Gasteiger partial charge in [0.15, 0.2) is 11.5 Å². The number of nitrogens with zero attached hydrogens (tertiary/aromatic N) is 1. The zero-order valence-corrected chi connectivity index (χ0v) is 12.5. The zero-order valence-electron chi connectivity index (χ0n) is 10.9. The lowest BCUT2D eigenvalue weighted by Gasteiger charge is -2.18. The second-order valence-corrected chi connectivity index (χ2v) is 5.08. The molecule has 1 aromatic heterocycles. The fourth-order valence-corrected chi connectivity index (χ4v) is 2.27. The maximum absolute atomic E-state index is 5.85. The molecular weight excluding hydrogens is 312 g/mol. The monoisotopic (exact) mass is 326 g/mol. The highest BCUT2D eigenvalue weighted by atomic mass is 79.9. The first-order valence-electron chi connectivity index (χ1n) is 5.78. The molecule has 0 bridgehead atoms. The second kappa shape index (κ2) is 5.52. The van der Waals surface area contributed by atoms with Crippen LogP contribution >= 0.6 is 15.9 Å². The summed E-state index contributed by atoms with van der Waals surface area (Å²) in [6.45, 7) is 3.89. The minimum atomic E-state index is 0.00281. The van der Waals surface area contributed by atoms with E-state index in [1.165, 1.54) is 0 Å². The molecule has 1 heterocycles. The van der Waals surface area contributed by atoms with Crippen LogP contribution in [0.4, 0.5) is 5.88 Å². The van der Waals surface area contributed by atoms with E-state index in [2.05, 4.69) is 21.1 Å². The van der Waals surface area contributed by atoms with Crippen molar-refractivity contribution in [2.45, 2.75) is 20.0 Å². The van der Waals surface area contributed by atoms with Crippen LogP contribution in [0.25, 0.3) is 11.1 Å². The number of rotatable bonds is 4. The number of hydrogen-bond acceptors (Lipinski definition) is 5. The van der Waals surface area contributed by atoms with Crippen molar-refractivity contribution in [3.63, 3.8) is 0 Å². The first kappa shape index (κ1) is 13.7. The molecule has 1 aromatic carbocycles. The number of nitrogen functional groups attached to an aromatic ring is 1. The van der Waals surface area contributed by atoms with Gasteiger partial charge in [-0.15, -0.1) is 0 Å². The predicted molar refractivity (Wildman–Crippen MR) is 76.4 cm³/mol. The predicted octanol–water partition coefficient (Wildman–Crippen LogP) is 3.48. The van der Waals surface area contributed by atoms with Crippen LogP contribution in [0.2, 0.25) is 0 Å². The first-order chi connectivity index (χ1) is 9.04. The van der Waals surface area contributed by atoms with Gasteiger partial charge >= 0.3 is 0 Å². The van der Waals surface area contributed by atoms with E-state index >= 15 is 0 Å². The van der Waals surface area contributed by atoms with Crippen LogP contribution in [0.1, 0.15) is 13.8 Å². The molecule has 0 fully saturated rings. The van der Waals surface area contributed by atoms with Crippen LogP contribution in [0.15, 0.2) is 27.3 Å². The minimum Gasteiger partial charge on any atom is -0.493 e. The highest BCUT2D eigenvalue weighted by Gasteiger charge is 2.21. The molecule has 2 aromatic rings. The Labute approximate surface area is 119 Å². The summed E-state index contributed by atoms with van der Waals surface area (Å²) in [6, 6.07) is 3.70. The Kier molecular flexibility index (Phi) is 3.99. The van der Waals surface area contributed by atoms with Crippen LogP contribution in [-0.4, -0.2) is 18.4 Å². The van der Waals surface area contributed by atoms with Gasteiger partial charge in [-0.05, 0) is 26.0 Å². The van der Waals surface area contributed by atoms with Crippen molar-refractivity contribution in [2.75, 3.05) is 12.8 Å². The number of benzene rings is 1. The fraction of sp³-hybridized carbons (Fsp3) is 0.308. The Hall–Kier alpha value is -1.69. The van der Waals surface area contributed by atoms with E-state index < -0.39 is 0 Å². The number of nitrogens with two attached hydrogens (primary N) is 1. The van der Waals surface area contributed by atoms with Crippen LogP contribution in [0, 0.1) is 0 Å². The van der Waals surface area contributed by atoms with Gasteiger partial charge in [0.25, 0.3) is 0 Å². The Balaban J connectivity index is 2.66. The van der Waals surface area contributed by atoms with Gasteiger partial charge in [0.05, 0.1) is 25.0 Å². The number of hydrogen-bond donors (Lipinski definition) is 1. The molecule has 5 nitrogen and oxygen atoms in total. The van der Waals surface area contributed by atoms with Crippen molar-refractivity contribution >= 4 is 21.8 Å². The van der Waals surface area contributed by atoms with Crippen molar-refractivity contribution < 1.29 is 14.0 Å². The third-order valence-electron chi connectivity index (χ3n) is 2.51. The number of methoxy groups -OCH3 is 1. The summed E-state index contributed by atoms with van der Waals surface area (Å²) >= 11 is 3.50. The van der Waals surface area contributed by atoms with Crippen molar-refractivity contribution in [2.24, 2.45) is 0 Å². The van der Waals surface area contributed by atoms with E-state index in [9.17, 15) is 0 Å². The van der Waals surface area contributed by atoms with Crippen LogP contribution in [0.3, 0.4) is 0 Å². The van der Waals surface area contributed by atoms with Crippen LogP contribution in [0.5, 0.6) is 11.5 Å². The topological polar surface area (TPSA) is 70.5 Å². The van der Waals surface area contributed by atoms with Crippen LogP contribution in [-0.2, 0) is 0 Å². The molecule has 0 aliphatic carbocycles. The largest absolute Gasteiger partial charge is 0.493 e. The fourth-order valence-electron chi connectivity index (χ4n) is 1.74. The van der Waals surface area contributed by atoms with Gasteiger partial charge in [-0.3, -0.25) is 0 Å². The maximum atomic E-state index is 5.85. The van der Waals surface area contributed by atoms with Crippen molar-refractivity contribution in [1.29, 1.82) is 0 Å². The Morgan fingerprint density at radius 3 is 2.63 bits per heavy atom. The van der Waals surface area contributed by atoms with Gasteiger partial charge in [0, 0.05) is 10.0 Å². The molecule has 0 spiro atoms. The molecule has 6 heteroatoms. The zero-order chi connectivity index (χ0) is 14.0. The molecule has 0 aliphatic heterocycles. The Bertz CT molecular complexity index is 581. The maximum Gasteiger partial charge on any atom is 0.230 e. The molecule has 0 saturated heterocycles. The highest BCUT2D eigenvalue weighted by molar-refractivity contribution is 9.10. The Morgan fingerprint density at radius 2 is 2.11 bits per heavy atom. The van der Waals surface area contributed by atoms with Crippen LogP contribution < -0.4 is 15.2 Å². The lowest BCUT2D eigenvalue weighted by atomic mass is 10.1. The number of anilines is 1. The van der Waals surface area contributed by atoms with E-state index in [4.69, 9.17) is 19.7 Å². The summed E-state index contributed by atoms with van der Waals surface area (Å²) in [4.78, 5) is 0. The molecular formula is C13H15BrN2O3. The molecule has 2 N–H and O–H groups in total. The van der Waals surface area contributed by atoms with Gasteiger partial charge in [-0.25, -0.2) is 0 Å². The summed E-state index contributed by atoms with van der Waals surface area (Å²) in [5.74, 6) is 1.48. The molecule has 2 rings (SSSR count). The average molecular weight is 327 g/mol. The minimum absolute atomic E-state index is 0.00281. The number of aromatic nitrogens is 1. The molecule has 102 valence electrons. The molecule has 0 unspecified atom stereocenters. The summed E-state index contributed by atoms with van der Waals surface area (Å²) in [6.07, 6.45) is 1.56. The van der Waals surface area contributed by atoms with Crippen molar-refractivity contribution in [3.05, 3.63) is 22.8 Å². The molecule has 0 amide bonds. The van der Waals surface area contributed by atoms with Gasteiger partial charge in [0.2, 0.25) is 5.88 Å². The standard InChI is InChI=1S/C13H15BrN2O3/c1-7(2)18-12-10(17-3)5-4-9(14)11(12)8-6-16-19-13(8)15/h4-7H,15H2,1-3H3. The Morgan fingerprint density at radius 1 is 1.37 bits per heavy atom. The van der Waals surface area contributed by atoms with E-state index in [1.54, 1.807) is 13.3 Å². The second-order valence-electron chi connectivity index (χ2n) is 4.22. The summed E-state index contributed by atoms with van der Waals surface area (Å²) in [7, 11) is 1.59. The van der Waals surface area contributed by atoms with E-state index in [1.807, 2.05) is 26.0 Å². The van der Waals surface area contributed by atoms with Gasteiger partial charge < -0.3 is 19.7 Å².